The van der Waals surface area contributed by atoms with Gasteiger partial charge in [0.25, 0.3) is 0 Å². The van der Waals surface area contributed by atoms with E-state index in [1.807, 2.05) is 6.92 Å². The van der Waals surface area contributed by atoms with Crippen LogP contribution in [0.25, 0.3) is 0 Å². The van der Waals surface area contributed by atoms with Gasteiger partial charge < -0.3 is 5.11 Å². The Kier molecular flexibility index (Phi) is 4.78. The highest BCUT2D eigenvalue weighted by molar-refractivity contribution is 4.57. The summed E-state index contributed by atoms with van der Waals surface area (Å²) in [4.78, 5) is 0. The van der Waals surface area contributed by atoms with Gasteiger partial charge in [-0.3, -0.25) is 0 Å². The van der Waals surface area contributed by atoms with Crippen LogP contribution in [0.1, 0.15) is 40.0 Å². The van der Waals surface area contributed by atoms with E-state index in [1.54, 1.807) is 0 Å². The Morgan fingerprint density at radius 1 is 1.33 bits per heavy atom. The van der Waals surface area contributed by atoms with Crippen molar-refractivity contribution in [2.75, 3.05) is 0 Å². The second-order valence-electron chi connectivity index (χ2n) is 2.86. The van der Waals surface area contributed by atoms with E-state index in [9.17, 15) is 0 Å². The first-order chi connectivity index (χ1) is 4.18. The van der Waals surface area contributed by atoms with Crippen molar-refractivity contribution in [2.24, 2.45) is 5.92 Å². The Bertz CT molecular complexity index is 59.6. The van der Waals surface area contributed by atoms with E-state index < -0.39 is 0 Å². The molecule has 0 heterocycles. The number of rotatable bonds is 4. The zero-order chi connectivity index (χ0) is 7.28. The number of hydrogen-bond acceptors (Lipinski definition) is 1. The van der Waals surface area contributed by atoms with E-state index in [0.29, 0.717) is 5.92 Å². The quantitative estimate of drug-likeness (QED) is 0.618. The van der Waals surface area contributed by atoms with Crippen LogP contribution < -0.4 is 0 Å². The first kappa shape index (κ1) is 8.96. The predicted molar refractivity (Wildman–Crippen MR) is 40.4 cm³/mol. The molecule has 0 saturated heterocycles. The van der Waals surface area contributed by atoms with Crippen LogP contribution in [0.15, 0.2) is 0 Å². The summed E-state index contributed by atoms with van der Waals surface area (Å²) in [6.07, 6.45) is 3.51. The maximum atomic E-state index is 9.05. The van der Waals surface area contributed by atoms with Crippen LogP contribution in [0.4, 0.5) is 0 Å². The summed E-state index contributed by atoms with van der Waals surface area (Å²) in [5.41, 5.74) is 0. The summed E-state index contributed by atoms with van der Waals surface area (Å²) in [7, 11) is 0. The molecule has 2 atom stereocenters. The van der Waals surface area contributed by atoms with Crippen LogP contribution in [-0.2, 0) is 0 Å². The third-order valence-corrected chi connectivity index (χ3v) is 1.84. The minimum absolute atomic E-state index is 0.128. The Morgan fingerprint density at radius 2 is 1.89 bits per heavy atom. The zero-order valence-electron chi connectivity index (χ0n) is 6.72. The minimum atomic E-state index is -0.128. The third-order valence-electron chi connectivity index (χ3n) is 1.84. The Labute approximate surface area is 58.1 Å². The first-order valence-electron chi connectivity index (χ1n) is 3.86. The molecule has 56 valence electrons. The van der Waals surface area contributed by atoms with Crippen molar-refractivity contribution in [2.45, 2.75) is 46.1 Å². The molecule has 0 saturated carbocycles. The first-order valence-corrected chi connectivity index (χ1v) is 3.86. The van der Waals surface area contributed by atoms with Gasteiger partial charge in [-0.05, 0) is 19.3 Å². The monoisotopic (exact) mass is 130 g/mol. The van der Waals surface area contributed by atoms with E-state index in [1.165, 1.54) is 12.8 Å². The van der Waals surface area contributed by atoms with Crippen molar-refractivity contribution in [1.29, 1.82) is 0 Å². The largest absolute Gasteiger partial charge is 0.393 e. The number of unbranched alkanes of at least 4 members (excludes halogenated alkanes) is 1. The molecule has 0 aliphatic rings. The van der Waals surface area contributed by atoms with Crippen LogP contribution in [0, 0.1) is 5.92 Å². The minimum Gasteiger partial charge on any atom is -0.393 e. The lowest BCUT2D eigenvalue weighted by atomic mass is 10.00. The van der Waals surface area contributed by atoms with Gasteiger partial charge in [-0.2, -0.15) is 0 Å². The SMILES string of the molecule is CCCCC(C)[C@H](C)O. The van der Waals surface area contributed by atoms with Gasteiger partial charge in [0, 0.05) is 0 Å². The van der Waals surface area contributed by atoms with Crippen LogP contribution in [0.2, 0.25) is 0 Å². The molecule has 1 nitrogen and oxygen atoms in total. The number of aliphatic hydroxyl groups is 1. The van der Waals surface area contributed by atoms with Crippen LogP contribution in [0.5, 0.6) is 0 Å². The molecule has 0 radical (unpaired) electrons. The average Bonchev–Trinajstić information content (AvgIpc) is 1.82. The van der Waals surface area contributed by atoms with Gasteiger partial charge in [-0.1, -0.05) is 26.7 Å². The standard InChI is InChI=1S/C8H18O/c1-4-5-6-7(2)8(3)9/h7-9H,4-6H2,1-3H3/t7?,8-/m0/s1. The van der Waals surface area contributed by atoms with Crippen molar-refractivity contribution in [3.05, 3.63) is 0 Å². The van der Waals surface area contributed by atoms with E-state index in [0.717, 1.165) is 6.42 Å². The summed E-state index contributed by atoms with van der Waals surface area (Å²) in [6.45, 7) is 6.13. The highest BCUT2D eigenvalue weighted by Crippen LogP contribution is 2.10. The van der Waals surface area contributed by atoms with Gasteiger partial charge in [0.15, 0.2) is 0 Å². The van der Waals surface area contributed by atoms with Crippen LogP contribution in [-0.4, -0.2) is 11.2 Å². The normalized spacial score (nSPS) is 17.3. The lowest BCUT2D eigenvalue weighted by Gasteiger charge is -2.12. The number of aliphatic hydroxyl groups excluding tert-OH is 1. The predicted octanol–water partition coefficient (Wildman–Crippen LogP) is 2.19. The molecule has 0 rings (SSSR count). The summed E-state index contributed by atoms with van der Waals surface area (Å²) in [5.74, 6) is 0.477. The second kappa shape index (κ2) is 4.80. The molecule has 0 aromatic carbocycles. The summed E-state index contributed by atoms with van der Waals surface area (Å²) < 4.78 is 0. The molecule has 0 aromatic rings. The molecule has 0 fully saturated rings. The Balaban J connectivity index is 3.16. The molecule has 0 bridgehead atoms. The molecule has 0 spiro atoms. The van der Waals surface area contributed by atoms with Crippen LogP contribution in [0.3, 0.4) is 0 Å². The number of hydrogen-bond donors (Lipinski definition) is 1. The lowest BCUT2D eigenvalue weighted by molar-refractivity contribution is 0.128. The fourth-order valence-electron chi connectivity index (χ4n) is 0.767. The van der Waals surface area contributed by atoms with Crippen molar-refractivity contribution in [3.8, 4) is 0 Å². The third kappa shape index (κ3) is 4.46. The summed E-state index contributed by atoms with van der Waals surface area (Å²) in [5, 5.41) is 9.05. The molecule has 0 aliphatic heterocycles. The molecule has 0 amide bonds. The van der Waals surface area contributed by atoms with Gasteiger partial charge in [-0.25, -0.2) is 0 Å². The fourth-order valence-corrected chi connectivity index (χ4v) is 0.767. The van der Waals surface area contributed by atoms with E-state index in [-0.39, 0.29) is 6.10 Å². The van der Waals surface area contributed by atoms with E-state index in [2.05, 4.69) is 13.8 Å². The Morgan fingerprint density at radius 3 is 2.22 bits per heavy atom. The van der Waals surface area contributed by atoms with E-state index >= 15 is 0 Å². The Hall–Kier alpha value is -0.0400. The smallest absolute Gasteiger partial charge is 0.0537 e. The topological polar surface area (TPSA) is 20.2 Å². The van der Waals surface area contributed by atoms with Crippen LogP contribution >= 0.6 is 0 Å². The fraction of sp³-hybridized carbons (Fsp3) is 1.00. The van der Waals surface area contributed by atoms with Gasteiger partial charge in [0.1, 0.15) is 0 Å². The maximum absolute atomic E-state index is 9.05. The van der Waals surface area contributed by atoms with E-state index in [4.69, 9.17) is 5.11 Å². The molecule has 1 heteroatoms. The molecular formula is C8H18O. The van der Waals surface area contributed by atoms with Crippen molar-refractivity contribution < 1.29 is 5.11 Å². The van der Waals surface area contributed by atoms with Crippen molar-refractivity contribution in [1.82, 2.24) is 0 Å². The second-order valence-corrected chi connectivity index (χ2v) is 2.86. The van der Waals surface area contributed by atoms with Gasteiger partial charge in [0.2, 0.25) is 0 Å². The summed E-state index contributed by atoms with van der Waals surface area (Å²) in [6, 6.07) is 0. The van der Waals surface area contributed by atoms with Gasteiger partial charge in [-0.15, -0.1) is 0 Å². The zero-order valence-corrected chi connectivity index (χ0v) is 6.72. The van der Waals surface area contributed by atoms with Crippen molar-refractivity contribution >= 4 is 0 Å². The highest BCUT2D eigenvalue weighted by Gasteiger charge is 2.06. The molecule has 9 heavy (non-hydrogen) atoms. The van der Waals surface area contributed by atoms with Gasteiger partial charge in [0.05, 0.1) is 6.10 Å². The van der Waals surface area contributed by atoms with Crippen molar-refractivity contribution in [3.63, 3.8) is 0 Å². The molecule has 1 N–H and O–H groups in total. The molecule has 0 aliphatic carbocycles. The molecule has 0 aromatic heterocycles. The molecule has 1 unspecified atom stereocenters. The molecular weight excluding hydrogens is 112 g/mol. The lowest BCUT2D eigenvalue weighted by Crippen LogP contribution is -2.12. The summed E-state index contributed by atoms with van der Waals surface area (Å²) >= 11 is 0. The maximum Gasteiger partial charge on any atom is 0.0537 e. The average molecular weight is 130 g/mol. The van der Waals surface area contributed by atoms with Gasteiger partial charge >= 0.3 is 0 Å². The highest BCUT2D eigenvalue weighted by atomic mass is 16.3.